The van der Waals surface area contributed by atoms with Crippen molar-refractivity contribution in [2.45, 2.75) is 32.4 Å². The van der Waals surface area contributed by atoms with Crippen LogP contribution in [-0.2, 0) is 4.74 Å². The summed E-state index contributed by atoms with van der Waals surface area (Å²) in [5.41, 5.74) is 5.79. The third-order valence-corrected chi connectivity index (χ3v) is 3.10. The lowest BCUT2D eigenvalue weighted by atomic mass is 10.1. The molecule has 1 saturated heterocycles. The van der Waals surface area contributed by atoms with Crippen LogP contribution >= 0.6 is 0 Å². The molecule has 18 heavy (non-hydrogen) atoms. The molecule has 2 heterocycles. The quantitative estimate of drug-likeness (QED) is 0.835. The van der Waals surface area contributed by atoms with E-state index in [9.17, 15) is 4.79 Å². The van der Waals surface area contributed by atoms with E-state index in [4.69, 9.17) is 10.5 Å². The van der Waals surface area contributed by atoms with E-state index in [-0.39, 0.29) is 18.1 Å². The van der Waals surface area contributed by atoms with Gasteiger partial charge in [0.15, 0.2) is 5.69 Å². The molecule has 6 nitrogen and oxygen atoms in total. The molecule has 6 heteroatoms. The summed E-state index contributed by atoms with van der Waals surface area (Å²) in [7, 11) is 0. The summed E-state index contributed by atoms with van der Waals surface area (Å²) in [6.07, 6.45) is 0.916. The molecule has 1 aliphatic rings. The Hall–Kier alpha value is -1.69. The van der Waals surface area contributed by atoms with Gasteiger partial charge in [0.25, 0.3) is 5.91 Å². The molecule has 2 unspecified atom stereocenters. The molecule has 1 aromatic heterocycles. The number of carbonyl (C=O) groups is 1. The summed E-state index contributed by atoms with van der Waals surface area (Å²) in [6, 6.07) is 3.30. The minimum atomic E-state index is -0.107. The van der Waals surface area contributed by atoms with Gasteiger partial charge in [0.05, 0.1) is 18.8 Å². The van der Waals surface area contributed by atoms with Crippen LogP contribution in [0.5, 0.6) is 0 Å². The van der Waals surface area contributed by atoms with Crippen molar-refractivity contribution < 1.29 is 9.53 Å². The molecule has 0 bridgehead atoms. The smallest absolute Gasteiger partial charge is 0.274 e. The number of nitrogen functional groups attached to an aromatic ring is 1. The van der Waals surface area contributed by atoms with Crippen LogP contribution in [0, 0.1) is 0 Å². The first kappa shape index (κ1) is 12.8. The van der Waals surface area contributed by atoms with E-state index in [2.05, 4.69) is 10.2 Å². The molecule has 98 valence electrons. The highest BCUT2D eigenvalue weighted by molar-refractivity contribution is 5.92. The number of nitrogens with two attached hydrogens (primary N) is 1. The number of carbonyl (C=O) groups excluding carboxylic acids is 1. The highest BCUT2D eigenvalue weighted by Gasteiger charge is 2.30. The van der Waals surface area contributed by atoms with E-state index in [1.807, 2.05) is 18.7 Å². The Morgan fingerprint density at radius 3 is 2.94 bits per heavy atom. The molecule has 0 aromatic carbocycles. The zero-order valence-corrected chi connectivity index (χ0v) is 10.7. The molecule has 2 atom stereocenters. The average Bonchev–Trinajstić information content (AvgIpc) is 2.39. The summed E-state index contributed by atoms with van der Waals surface area (Å²) >= 11 is 0. The van der Waals surface area contributed by atoms with E-state index < -0.39 is 0 Å². The third kappa shape index (κ3) is 2.59. The lowest BCUT2D eigenvalue weighted by Gasteiger charge is -2.38. The molecule has 1 aliphatic heterocycles. The SMILES string of the molecule is CCC1COC(C)CN1C(=O)c1ccc(N)nn1. The first-order valence-corrected chi connectivity index (χ1v) is 6.13. The highest BCUT2D eigenvalue weighted by Crippen LogP contribution is 2.17. The fourth-order valence-corrected chi connectivity index (χ4v) is 2.03. The number of aromatic nitrogens is 2. The average molecular weight is 250 g/mol. The van der Waals surface area contributed by atoms with Crippen molar-refractivity contribution in [3.05, 3.63) is 17.8 Å². The topological polar surface area (TPSA) is 81.3 Å². The molecular formula is C12H18N4O2. The van der Waals surface area contributed by atoms with Gasteiger partial charge in [-0.25, -0.2) is 0 Å². The molecule has 0 saturated carbocycles. The van der Waals surface area contributed by atoms with Crippen molar-refractivity contribution >= 4 is 11.7 Å². The van der Waals surface area contributed by atoms with Crippen LogP contribution in [0.15, 0.2) is 12.1 Å². The van der Waals surface area contributed by atoms with Crippen LogP contribution in [0.4, 0.5) is 5.82 Å². The normalized spacial score (nSPS) is 24.0. The fraction of sp³-hybridized carbons (Fsp3) is 0.583. The van der Waals surface area contributed by atoms with Crippen molar-refractivity contribution in [1.29, 1.82) is 0 Å². The molecular weight excluding hydrogens is 232 g/mol. The summed E-state index contributed by atoms with van der Waals surface area (Å²) in [5, 5.41) is 7.55. The second-order valence-electron chi connectivity index (χ2n) is 4.51. The summed E-state index contributed by atoms with van der Waals surface area (Å²) in [5.74, 6) is 0.207. The van der Waals surface area contributed by atoms with Crippen molar-refractivity contribution in [1.82, 2.24) is 15.1 Å². The van der Waals surface area contributed by atoms with Gasteiger partial charge in [-0.3, -0.25) is 4.79 Å². The van der Waals surface area contributed by atoms with Gasteiger partial charge in [-0.1, -0.05) is 6.92 Å². The summed E-state index contributed by atoms with van der Waals surface area (Å²) in [6.45, 7) is 5.16. The molecule has 0 aliphatic carbocycles. The lowest BCUT2D eigenvalue weighted by Crippen LogP contribution is -2.51. The number of ether oxygens (including phenoxy) is 1. The second-order valence-corrected chi connectivity index (χ2v) is 4.51. The monoisotopic (exact) mass is 250 g/mol. The van der Waals surface area contributed by atoms with Crippen molar-refractivity contribution in [3.8, 4) is 0 Å². The van der Waals surface area contributed by atoms with Gasteiger partial charge in [0.1, 0.15) is 5.82 Å². The Labute approximate surface area is 106 Å². The number of amides is 1. The van der Waals surface area contributed by atoms with Crippen molar-refractivity contribution in [2.75, 3.05) is 18.9 Å². The number of morpholine rings is 1. The number of anilines is 1. The zero-order chi connectivity index (χ0) is 13.1. The molecule has 1 fully saturated rings. The number of nitrogens with zero attached hydrogens (tertiary/aromatic N) is 3. The maximum Gasteiger partial charge on any atom is 0.274 e. The predicted molar refractivity (Wildman–Crippen MR) is 67.0 cm³/mol. The van der Waals surface area contributed by atoms with Gasteiger partial charge in [0.2, 0.25) is 0 Å². The van der Waals surface area contributed by atoms with Crippen molar-refractivity contribution in [3.63, 3.8) is 0 Å². The maximum absolute atomic E-state index is 12.4. The first-order valence-electron chi connectivity index (χ1n) is 6.13. The number of hydrogen-bond acceptors (Lipinski definition) is 5. The Bertz CT molecular complexity index is 421. The minimum Gasteiger partial charge on any atom is -0.382 e. The molecule has 2 N–H and O–H groups in total. The predicted octanol–water partition coefficient (Wildman–Crippen LogP) is 0.698. The largest absolute Gasteiger partial charge is 0.382 e. The van der Waals surface area contributed by atoms with Crippen LogP contribution < -0.4 is 5.73 Å². The minimum absolute atomic E-state index is 0.0542. The third-order valence-electron chi connectivity index (χ3n) is 3.10. The van der Waals surface area contributed by atoms with Gasteiger partial charge >= 0.3 is 0 Å². The Morgan fingerprint density at radius 1 is 1.56 bits per heavy atom. The van der Waals surface area contributed by atoms with Crippen LogP contribution in [0.25, 0.3) is 0 Å². The van der Waals surface area contributed by atoms with Gasteiger partial charge < -0.3 is 15.4 Å². The standard InChI is InChI=1S/C12H18N4O2/c1-3-9-7-18-8(2)6-16(9)12(17)10-4-5-11(13)15-14-10/h4-5,8-9H,3,6-7H2,1-2H3,(H2,13,15). The molecule has 1 aromatic rings. The van der Waals surface area contributed by atoms with Crippen molar-refractivity contribution in [2.24, 2.45) is 0 Å². The van der Waals surface area contributed by atoms with Gasteiger partial charge in [-0.05, 0) is 25.5 Å². The van der Waals surface area contributed by atoms with Crippen LogP contribution in [0.3, 0.4) is 0 Å². The van der Waals surface area contributed by atoms with E-state index in [0.29, 0.717) is 24.7 Å². The van der Waals surface area contributed by atoms with E-state index in [1.165, 1.54) is 0 Å². The van der Waals surface area contributed by atoms with Crippen LogP contribution in [0.1, 0.15) is 30.8 Å². The van der Waals surface area contributed by atoms with E-state index in [1.54, 1.807) is 12.1 Å². The van der Waals surface area contributed by atoms with Gasteiger partial charge in [-0.15, -0.1) is 10.2 Å². The molecule has 0 spiro atoms. The summed E-state index contributed by atoms with van der Waals surface area (Å²) < 4.78 is 5.57. The fourth-order valence-electron chi connectivity index (χ4n) is 2.03. The van der Waals surface area contributed by atoms with Crippen LogP contribution in [-0.4, -0.2) is 46.3 Å². The molecule has 1 amide bonds. The first-order chi connectivity index (χ1) is 8.61. The Morgan fingerprint density at radius 2 is 2.33 bits per heavy atom. The van der Waals surface area contributed by atoms with E-state index >= 15 is 0 Å². The number of rotatable bonds is 2. The molecule has 2 rings (SSSR count). The number of hydrogen-bond donors (Lipinski definition) is 1. The summed E-state index contributed by atoms with van der Waals surface area (Å²) in [4.78, 5) is 14.2. The zero-order valence-electron chi connectivity index (χ0n) is 10.7. The Kier molecular flexibility index (Phi) is 3.76. The second kappa shape index (κ2) is 5.30. The van der Waals surface area contributed by atoms with Gasteiger partial charge in [-0.2, -0.15) is 0 Å². The highest BCUT2D eigenvalue weighted by atomic mass is 16.5. The maximum atomic E-state index is 12.4. The van der Waals surface area contributed by atoms with Crippen LogP contribution in [0.2, 0.25) is 0 Å². The van der Waals surface area contributed by atoms with E-state index in [0.717, 1.165) is 6.42 Å². The Balaban J connectivity index is 2.17. The lowest BCUT2D eigenvalue weighted by molar-refractivity contribution is -0.0446. The van der Waals surface area contributed by atoms with Gasteiger partial charge in [0, 0.05) is 6.54 Å². The molecule has 0 radical (unpaired) electrons.